The Kier molecular flexibility index (Phi) is 4.02. The highest BCUT2D eigenvalue weighted by Gasteiger charge is 2.10. The van der Waals surface area contributed by atoms with Crippen LogP contribution in [0.25, 0.3) is 0 Å². The number of aromatic amines is 1. The van der Waals surface area contributed by atoms with Crippen LogP contribution in [-0.4, -0.2) is 14.8 Å². The van der Waals surface area contributed by atoms with Crippen molar-refractivity contribution in [2.75, 3.05) is 0 Å². The van der Waals surface area contributed by atoms with E-state index in [0.29, 0.717) is 28.6 Å². The lowest BCUT2D eigenvalue weighted by atomic mass is 10.1. The summed E-state index contributed by atoms with van der Waals surface area (Å²) >= 11 is 1.29. The Morgan fingerprint density at radius 3 is 3.05 bits per heavy atom. The van der Waals surface area contributed by atoms with E-state index in [-0.39, 0.29) is 11.5 Å². The lowest BCUT2D eigenvalue weighted by Crippen LogP contribution is -2.16. The van der Waals surface area contributed by atoms with Gasteiger partial charge in [0.05, 0.1) is 11.6 Å². The second-order valence-electron chi connectivity index (χ2n) is 3.76. The topological polar surface area (TPSA) is 74.5 Å². The molecule has 0 aliphatic carbocycles. The van der Waals surface area contributed by atoms with Crippen LogP contribution in [0.1, 0.15) is 18.1 Å². The van der Waals surface area contributed by atoms with Gasteiger partial charge in [-0.2, -0.15) is 5.26 Å². The van der Waals surface area contributed by atoms with Crippen molar-refractivity contribution in [2.24, 2.45) is 0 Å². The number of nitriles is 1. The van der Waals surface area contributed by atoms with Gasteiger partial charge in [-0.15, -0.1) is 5.10 Å². The molecule has 1 heterocycles. The van der Waals surface area contributed by atoms with Gasteiger partial charge in [0.15, 0.2) is 5.16 Å². The summed E-state index contributed by atoms with van der Waals surface area (Å²) in [6, 6.07) is 6.04. The fraction of sp³-hybridized carbons (Fsp3) is 0.250. The molecule has 0 bridgehead atoms. The number of aromatic nitrogens is 3. The predicted octanol–water partition coefficient (Wildman–Crippen LogP) is 1.89. The minimum atomic E-state index is -0.385. The zero-order valence-electron chi connectivity index (χ0n) is 10.2. The van der Waals surface area contributed by atoms with Crippen LogP contribution in [0.15, 0.2) is 28.2 Å². The van der Waals surface area contributed by atoms with Crippen molar-refractivity contribution < 1.29 is 4.39 Å². The number of nitrogens with zero attached hydrogens (tertiary/aromatic N) is 3. The molecule has 2 aromatic rings. The molecule has 0 aliphatic heterocycles. The maximum Gasteiger partial charge on any atom is 0.343 e. The molecule has 0 radical (unpaired) electrons. The predicted molar refractivity (Wildman–Crippen MR) is 69.2 cm³/mol. The van der Waals surface area contributed by atoms with Gasteiger partial charge in [0, 0.05) is 12.3 Å². The number of thioether (sulfide) groups is 1. The van der Waals surface area contributed by atoms with E-state index in [1.54, 1.807) is 0 Å². The molecular formula is C12H11FN4OS. The second-order valence-corrected chi connectivity index (χ2v) is 4.70. The third-order valence-corrected chi connectivity index (χ3v) is 3.61. The van der Waals surface area contributed by atoms with Crippen molar-refractivity contribution in [3.8, 4) is 6.07 Å². The molecule has 0 saturated heterocycles. The van der Waals surface area contributed by atoms with Gasteiger partial charge < -0.3 is 0 Å². The highest BCUT2D eigenvalue weighted by atomic mass is 32.2. The zero-order valence-corrected chi connectivity index (χ0v) is 11.0. The molecule has 1 aromatic carbocycles. The monoisotopic (exact) mass is 278 g/mol. The Labute approximate surface area is 113 Å². The molecule has 7 heteroatoms. The average molecular weight is 278 g/mol. The summed E-state index contributed by atoms with van der Waals surface area (Å²) < 4.78 is 14.6. The fourth-order valence-electron chi connectivity index (χ4n) is 1.63. The van der Waals surface area contributed by atoms with E-state index in [0.717, 1.165) is 0 Å². The van der Waals surface area contributed by atoms with Crippen molar-refractivity contribution in [3.63, 3.8) is 0 Å². The molecule has 0 fully saturated rings. The first-order valence-corrected chi connectivity index (χ1v) is 6.60. The van der Waals surface area contributed by atoms with Gasteiger partial charge in [-0.25, -0.2) is 14.3 Å². The Morgan fingerprint density at radius 2 is 2.37 bits per heavy atom. The van der Waals surface area contributed by atoms with Crippen LogP contribution in [0.5, 0.6) is 0 Å². The molecule has 19 heavy (non-hydrogen) atoms. The van der Waals surface area contributed by atoms with Crippen LogP contribution >= 0.6 is 11.8 Å². The Balaban J connectivity index is 2.21. The van der Waals surface area contributed by atoms with E-state index in [9.17, 15) is 9.18 Å². The summed E-state index contributed by atoms with van der Waals surface area (Å²) in [7, 11) is 0. The van der Waals surface area contributed by atoms with Crippen LogP contribution in [0.2, 0.25) is 0 Å². The molecule has 98 valence electrons. The van der Waals surface area contributed by atoms with E-state index in [1.165, 1.54) is 34.5 Å². The second kappa shape index (κ2) is 5.71. The minimum Gasteiger partial charge on any atom is -0.270 e. The largest absolute Gasteiger partial charge is 0.343 e. The highest BCUT2D eigenvalue weighted by Crippen LogP contribution is 2.22. The number of hydrogen-bond acceptors (Lipinski definition) is 4. The Bertz CT molecular complexity index is 686. The lowest BCUT2D eigenvalue weighted by molar-refractivity contribution is 0.626. The van der Waals surface area contributed by atoms with Crippen molar-refractivity contribution in [1.29, 1.82) is 5.26 Å². The molecule has 0 saturated carbocycles. The molecule has 2 rings (SSSR count). The molecule has 0 spiro atoms. The standard InChI is InChI=1S/C12H11FN4OS/c1-2-17-11(18)15-16-12(17)19-7-9-5-10(13)4-3-8(9)6-14/h3-5H,2,7H2,1H3,(H,15,18). The first-order chi connectivity index (χ1) is 9.15. The van der Waals surface area contributed by atoms with E-state index in [2.05, 4.69) is 10.2 Å². The van der Waals surface area contributed by atoms with Crippen LogP contribution in [0, 0.1) is 17.1 Å². The number of rotatable bonds is 4. The smallest absolute Gasteiger partial charge is 0.270 e. The number of halogens is 1. The van der Waals surface area contributed by atoms with Crippen LogP contribution in [0.3, 0.4) is 0 Å². The molecule has 1 N–H and O–H groups in total. The summed E-state index contributed by atoms with van der Waals surface area (Å²) in [6.07, 6.45) is 0. The number of hydrogen-bond donors (Lipinski definition) is 1. The molecule has 0 aliphatic rings. The van der Waals surface area contributed by atoms with Crippen LogP contribution in [-0.2, 0) is 12.3 Å². The Hall–Kier alpha value is -2.07. The SMILES string of the molecule is CCn1c(SCc2cc(F)ccc2C#N)n[nH]c1=O. The van der Waals surface area contributed by atoms with Crippen molar-refractivity contribution in [2.45, 2.75) is 24.4 Å². The van der Waals surface area contributed by atoms with Crippen molar-refractivity contribution >= 4 is 11.8 Å². The van der Waals surface area contributed by atoms with Gasteiger partial charge in [0.2, 0.25) is 0 Å². The summed E-state index contributed by atoms with van der Waals surface area (Å²) in [5, 5.41) is 15.7. The minimum absolute atomic E-state index is 0.273. The van der Waals surface area contributed by atoms with Gasteiger partial charge >= 0.3 is 5.69 Å². The normalized spacial score (nSPS) is 10.4. The number of H-pyrrole nitrogens is 1. The van der Waals surface area contributed by atoms with Gasteiger partial charge in [-0.3, -0.25) is 4.57 Å². The average Bonchev–Trinajstić information content (AvgIpc) is 2.77. The molecule has 0 unspecified atom stereocenters. The highest BCUT2D eigenvalue weighted by molar-refractivity contribution is 7.98. The fourth-order valence-corrected chi connectivity index (χ4v) is 2.63. The zero-order chi connectivity index (χ0) is 13.8. The maximum atomic E-state index is 13.2. The summed E-state index contributed by atoms with van der Waals surface area (Å²) in [5.74, 6) is -0.00481. The Morgan fingerprint density at radius 1 is 1.58 bits per heavy atom. The third kappa shape index (κ3) is 2.85. The molecular weight excluding hydrogens is 267 g/mol. The van der Waals surface area contributed by atoms with Gasteiger partial charge in [-0.05, 0) is 30.7 Å². The summed E-state index contributed by atoms with van der Waals surface area (Å²) in [4.78, 5) is 11.4. The molecule has 0 atom stereocenters. The summed E-state index contributed by atoms with van der Waals surface area (Å²) in [5.41, 5.74) is 0.741. The van der Waals surface area contributed by atoms with E-state index in [1.807, 2.05) is 13.0 Å². The van der Waals surface area contributed by atoms with Crippen molar-refractivity contribution in [3.05, 3.63) is 45.6 Å². The van der Waals surface area contributed by atoms with Crippen molar-refractivity contribution in [1.82, 2.24) is 14.8 Å². The quantitative estimate of drug-likeness (QED) is 0.867. The first-order valence-electron chi connectivity index (χ1n) is 5.62. The third-order valence-electron chi connectivity index (χ3n) is 2.58. The molecule has 1 aromatic heterocycles. The number of benzene rings is 1. The molecule has 5 nitrogen and oxygen atoms in total. The van der Waals surface area contributed by atoms with E-state index < -0.39 is 0 Å². The number of nitrogens with one attached hydrogen (secondary N) is 1. The van der Waals surface area contributed by atoms with E-state index in [4.69, 9.17) is 5.26 Å². The lowest BCUT2D eigenvalue weighted by Gasteiger charge is -2.04. The summed E-state index contributed by atoms with van der Waals surface area (Å²) in [6.45, 7) is 2.34. The molecule has 0 amide bonds. The maximum absolute atomic E-state index is 13.2. The van der Waals surface area contributed by atoms with Crippen LogP contribution < -0.4 is 5.69 Å². The van der Waals surface area contributed by atoms with Gasteiger partial charge in [0.1, 0.15) is 5.82 Å². The first kappa shape index (κ1) is 13.4. The van der Waals surface area contributed by atoms with Crippen LogP contribution in [0.4, 0.5) is 4.39 Å². The van der Waals surface area contributed by atoms with Gasteiger partial charge in [0.25, 0.3) is 0 Å². The van der Waals surface area contributed by atoms with Gasteiger partial charge in [-0.1, -0.05) is 11.8 Å². The van der Waals surface area contributed by atoms with E-state index >= 15 is 0 Å².